The maximum absolute atomic E-state index is 3.78. The summed E-state index contributed by atoms with van der Waals surface area (Å²) in [4.78, 5) is 11.1. The Balaban J connectivity index is -0.0000000386. The van der Waals surface area contributed by atoms with E-state index in [1.54, 1.807) is 30.9 Å². The maximum Gasteiger partial charge on any atom is 0.115 e. The zero-order valence-electron chi connectivity index (χ0n) is 24.8. The molecule has 0 fully saturated rings. The monoisotopic (exact) mass is 484 g/mol. The average molecular weight is 484 g/mol. The third-order valence-electron chi connectivity index (χ3n) is 1.04. The summed E-state index contributed by atoms with van der Waals surface area (Å²) in [6.45, 7) is 34.0. The van der Waals surface area contributed by atoms with Gasteiger partial charge in [0.1, 0.15) is 6.33 Å². The van der Waals surface area contributed by atoms with Crippen LogP contribution < -0.4 is 0 Å². The Bertz CT molecular complexity index is 307. The van der Waals surface area contributed by atoms with E-state index in [0.29, 0.717) is 0 Å². The maximum atomic E-state index is 3.78. The number of pyridine rings is 1. The number of nitrogens with zero attached hydrogens (tertiary/aromatic N) is 3. The first-order valence-electron chi connectivity index (χ1n) is 12.5. The highest BCUT2D eigenvalue weighted by atomic mass is 14.8. The van der Waals surface area contributed by atoms with E-state index in [-0.39, 0.29) is 14.9 Å². The molecule has 2 aromatic heterocycles. The summed E-state index contributed by atoms with van der Waals surface area (Å²) in [6, 6.07) is 7.49. The fourth-order valence-corrected chi connectivity index (χ4v) is 0.566. The van der Waals surface area contributed by atoms with Gasteiger partial charge in [0.2, 0.25) is 0 Å². The topological polar surface area (TPSA) is 38.7 Å². The van der Waals surface area contributed by atoms with E-state index in [4.69, 9.17) is 0 Å². The van der Waals surface area contributed by atoms with Crippen molar-refractivity contribution in [3.05, 3.63) is 55.4 Å². The van der Waals surface area contributed by atoms with Gasteiger partial charge in [0, 0.05) is 24.8 Å². The summed E-state index contributed by atoms with van der Waals surface area (Å²) in [5.41, 5.74) is 0. The first kappa shape index (κ1) is 53.5. The van der Waals surface area contributed by atoms with Crippen LogP contribution in [0.5, 0.6) is 0 Å². The lowest BCUT2D eigenvalue weighted by Crippen LogP contribution is -1.66. The molecule has 0 aliphatic rings. The first-order chi connectivity index (χ1) is 14.9. The van der Waals surface area contributed by atoms with Crippen molar-refractivity contribution in [1.29, 1.82) is 0 Å². The van der Waals surface area contributed by atoms with Crippen LogP contribution in [0.15, 0.2) is 55.4 Å². The van der Waals surface area contributed by atoms with Crippen LogP contribution in [-0.4, -0.2) is 15.0 Å². The van der Waals surface area contributed by atoms with Gasteiger partial charge in [0.25, 0.3) is 0 Å². The number of hydrogen-bond acceptors (Lipinski definition) is 3. The third kappa shape index (κ3) is 247. The van der Waals surface area contributed by atoms with Crippen LogP contribution in [0.25, 0.3) is 0 Å². The molecule has 208 valence electrons. The van der Waals surface area contributed by atoms with Gasteiger partial charge >= 0.3 is 0 Å². The highest BCUT2D eigenvalue weighted by molar-refractivity contribution is 4.88. The lowest BCUT2D eigenvalue weighted by atomic mass is 10.3. The van der Waals surface area contributed by atoms with Crippen molar-refractivity contribution < 1.29 is 0 Å². The highest BCUT2D eigenvalue weighted by Gasteiger charge is 1.69. The smallest absolute Gasteiger partial charge is 0.115 e. The average Bonchev–Trinajstić information content (AvgIpc) is 2.72. The minimum absolute atomic E-state index is 0. The predicted molar refractivity (Wildman–Crippen MR) is 164 cm³/mol. The Labute approximate surface area is 219 Å². The lowest BCUT2D eigenvalue weighted by Gasteiger charge is -1.79. The van der Waals surface area contributed by atoms with Crippen molar-refractivity contribution in [2.75, 3.05) is 0 Å². The Morgan fingerprint density at radius 1 is 0.353 bits per heavy atom. The van der Waals surface area contributed by atoms with Crippen LogP contribution in [0.1, 0.15) is 126 Å². The molecule has 0 aromatic carbocycles. The van der Waals surface area contributed by atoms with Crippen molar-refractivity contribution in [2.24, 2.45) is 23.7 Å². The van der Waals surface area contributed by atoms with E-state index in [2.05, 4.69) is 98.0 Å². The molecular formula is C31H69N3. The predicted octanol–water partition coefficient (Wildman–Crippen LogP) is 11.5. The number of rotatable bonds is 0. The van der Waals surface area contributed by atoms with Gasteiger partial charge in [-0.25, -0.2) is 9.97 Å². The SMILES string of the molecule is C.C.CC.CC.CC(C)C.CC(C)C.CC(C)C.CC(C)C.c1ccncc1.c1cncnc1. The van der Waals surface area contributed by atoms with E-state index in [0.717, 1.165) is 23.7 Å². The summed E-state index contributed by atoms with van der Waals surface area (Å²) in [5, 5.41) is 0. The molecule has 0 radical (unpaired) electrons. The van der Waals surface area contributed by atoms with E-state index < -0.39 is 0 Å². The van der Waals surface area contributed by atoms with Crippen LogP contribution in [0.4, 0.5) is 0 Å². The molecule has 2 aromatic rings. The molecule has 3 nitrogen and oxygen atoms in total. The molecule has 0 saturated heterocycles. The molecule has 0 unspecified atom stereocenters. The van der Waals surface area contributed by atoms with Crippen LogP contribution >= 0.6 is 0 Å². The molecule has 0 spiro atoms. The second-order valence-corrected chi connectivity index (χ2v) is 8.86. The molecule has 0 amide bonds. The van der Waals surface area contributed by atoms with Gasteiger partial charge in [-0.1, -0.05) is 132 Å². The third-order valence-corrected chi connectivity index (χ3v) is 1.04. The molecule has 0 saturated carbocycles. The standard InChI is InChI=1S/C5H5N.C4H4N2.4C4H10.2C2H6.2CH4/c1-2-4-6-5-3-1;1-2-5-4-6-3-1;4*1-4(2)3;2*1-2;;/h1-5H;1-4H;4*4H,1-3H3;2*1-2H3;2*1H4. The molecule has 0 aliphatic heterocycles. The van der Waals surface area contributed by atoms with Crippen LogP contribution in [-0.2, 0) is 0 Å². The van der Waals surface area contributed by atoms with Gasteiger partial charge in [-0.15, -0.1) is 0 Å². The van der Waals surface area contributed by atoms with Crippen molar-refractivity contribution in [2.45, 2.75) is 126 Å². The number of hydrogen-bond donors (Lipinski definition) is 0. The minimum Gasteiger partial charge on any atom is -0.265 e. The molecule has 3 heteroatoms. The Morgan fingerprint density at radius 2 is 0.559 bits per heavy atom. The molecule has 2 rings (SSSR count). The second-order valence-electron chi connectivity index (χ2n) is 8.86. The van der Waals surface area contributed by atoms with E-state index in [1.165, 1.54) is 6.33 Å². The van der Waals surface area contributed by atoms with Gasteiger partial charge in [-0.3, -0.25) is 4.98 Å². The van der Waals surface area contributed by atoms with Crippen molar-refractivity contribution in [3.63, 3.8) is 0 Å². The van der Waals surface area contributed by atoms with Crippen molar-refractivity contribution in [3.8, 4) is 0 Å². The molecular weight excluding hydrogens is 414 g/mol. The largest absolute Gasteiger partial charge is 0.265 e. The molecule has 0 aliphatic carbocycles. The summed E-state index contributed by atoms with van der Waals surface area (Å²) in [6.07, 6.45) is 8.38. The summed E-state index contributed by atoms with van der Waals surface area (Å²) >= 11 is 0. The van der Waals surface area contributed by atoms with Gasteiger partial charge in [-0.05, 0) is 41.9 Å². The Hall–Kier alpha value is -1.77. The van der Waals surface area contributed by atoms with Gasteiger partial charge in [0.05, 0.1) is 0 Å². The molecule has 34 heavy (non-hydrogen) atoms. The van der Waals surface area contributed by atoms with Crippen molar-refractivity contribution >= 4 is 0 Å². The van der Waals surface area contributed by atoms with E-state index in [1.807, 2.05) is 45.9 Å². The summed E-state index contributed by atoms with van der Waals surface area (Å²) in [5.74, 6) is 3.33. The normalized spacial score (nSPS) is 7.41. The van der Waals surface area contributed by atoms with Crippen LogP contribution in [0, 0.1) is 23.7 Å². The first-order valence-corrected chi connectivity index (χ1v) is 12.5. The summed E-state index contributed by atoms with van der Waals surface area (Å²) in [7, 11) is 0. The zero-order valence-corrected chi connectivity index (χ0v) is 24.8. The van der Waals surface area contributed by atoms with Crippen LogP contribution in [0.3, 0.4) is 0 Å². The summed E-state index contributed by atoms with van der Waals surface area (Å²) < 4.78 is 0. The lowest BCUT2D eigenvalue weighted by molar-refractivity contribution is 0.736. The van der Waals surface area contributed by atoms with Crippen LogP contribution in [0.2, 0.25) is 0 Å². The van der Waals surface area contributed by atoms with E-state index >= 15 is 0 Å². The highest BCUT2D eigenvalue weighted by Crippen LogP contribution is 1.82. The minimum atomic E-state index is 0. The molecule has 0 atom stereocenters. The quantitative estimate of drug-likeness (QED) is 0.374. The molecule has 2 heterocycles. The van der Waals surface area contributed by atoms with E-state index in [9.17, 15) is 0 Å². The van der Waals surface area contributed by atoms with Gasteiger partial charge < -0.3 is 0 Å². The number of aromatic nitrogens is 3. The Kier molecular flexibility index (Phi) is 90.9. The fraction of sp³-hybridized carbons (Fsp3) is 0.710. The fourth-order valence-electron chi connectivity index (χ4n) is 0.566. The molecule has 0 bridgehead atoms. The second kappa shape index (κ2) is 57.8. The van der Waals surface area contributed by atoms with Gasteiger partial charge in [-0.2, -0.15) is 0 Å². The van der Waals surface area contributed by atoms with Crippen molar-refractivity contribution in [1.82, 2.24) is 15.0 Å². The van der Waals surface area contributed by atoms with Gasteiger partial charge in [0.15, 0.2) is 0 Å². The zero-order chi connectivity index (χ0) is 26.8. The molecule has 0 N–H and O–H groups in total. The Morgan fingerprint density at radius 3 is 0.618 bits per heavy atom.